The van der Waals surface area contributed by atoms with Gasteiger partial charge in [-0.05, 0) is 24.6 Å². The SMILES string of the molecule is COc1ccc(C(c2c(C)[nH][nH]c2=O)C2C(=O)NC(=O)NC2=O)cc1OC. The molecule has 2 heterocycles. The van der Waals surface area contributed by atoms with Crippen LogP contribution in [0.2, 0.25) is 0 Å². The Hall–Kier alpha value is -3.56. The molecule has 27 heavy (non-hydrogen) atoms. The van der Waals surface area contributed by atoms with Gasteiger partial charge in [-0.2, -0.15) is 0 Å². The molecular formula is C17H18N4O6. The predicted octanol–water partition coefficient (Wildman–Crippen LogP) is 0.143. The Morgan fingerprint density at radius 1 is 0.926 bits per heavy atom. The number of rotatable bonds is 5. The first-order valence-electron chi connectivity index (χ1n) is 8.02. The molecule has 3 rings (SSSR count). The van der Waals surface area contributed by atoms with Crippen molar-refractivity contribution in [3.05, 3.63) is 45.4 Å². The number of aromatic nitrogens is 2. The number of carbonyl (C=O) groups excluding carboxylic acids is 3. The Balaban J connectivity index is 2.20. The van der Waals surface area contributed by atoms with E-state index < -0.39 is 35.2 Å². The lowest BCUT2D eigenvalue weighted by Gasteiger charge is -2.28. The van der Waals surface area contributed by atoms with E-state index in [1.807, 2.05) is 0 Å². The highest BCUT2D eigenvalue weighted by molar-refractivity contribution is 6.16. The first-order valence-corrected chi connectivity index (χ1v) is 8.02. The van der Waals surface area contributed by atoms with Gasteiger partial charge in [0.2, 0.25) is 11.8 Å². The van der Waals surface area contributed by atoms with Crippen molar-refractivity contribution >= 4 is 17.8 Å². The number of carbonyl (C=O) groups is 3. The van der Waals surface area contributed by atoms with Crippen LogP contribution in [-0.4, -0.2) is 42.3 Å². The molecule has 0 aliphatic carbocycles. The molecule has 1 aromatic heterocycles. The van der Waals surface area contributed by atoms with E-state index in [0.29, 0.717) is 22.8 Å². The molecular weight excluding hydrogens is 356 g/mol. The fraction of sp³-hybridized carbons (Fsp3) is 0.294. The second-order valence-corrected chi connectivity index (χ2v) is 6.00. The Morgan fingerprint density at radius 3 is 2.07 bits per heavy atom. The Morgan fingerprint density at radius 2 is 1.56 bits per heavy atom. The zero-order valence-electron chi connectivity index (χ0n) is 14.8. The van der Waals surface area contributed by atoms with E-state index in [4.69, 9.17) is 9.47 Å². The van der Waals surface area contributed by atoms with Crippen LogP contribution < -0.4 is 25.7 Å². The molecule has 1 aliphatic rings. The Bertz CT molecular complexity index is 956. The highest BCUT2D eigenvalue weighted by Gasteiger charge is 2.43. The van der Waals surface area contributed by atoms with Crippen LogP contribution in [0.5, 0.6) is 11.5 Å². The molecule has 0 saturated carbocycles. The fourth-order valence-corrected chi connectivity index (χ4v) is 3.23. The van der Waals surface area contributed by atoms with Crippen molar-refractivity contribution in [2.45, 2.75) is 12.8 Å². The van der Waals surface area contributed by atoms with E-state index in [2.05, 4.69) is 20.8 Å². The van der Waals surface area contributed by atoms with E-state index in [0.717, 1.165) is 0 Å². The van der Waals surface area contributed by atoms with Gasteiger partial charge in [0.1, 0.15) is 5.92 Å². The maximum Gasteiger partial charge on any atom is 0.328 e. The van der Waals surface area contributed by atoms with Gasteiger partial charge in [0.15, 0.2) is 11.5 Å². The average molecular weight is 374 g/mol. The lowest BCUT2D eigenvalue weighted by molar-refractivity contribution is -0.136. The van der Waals surface area contributed by atoms with Crippen LogP contribution in [0.1, 0.15) is 22.7 Å². The number of imide groups is 2. The van der Waals surface area contributed by atoms with Gasteiger partial charge in [-0.15, -0.1) is 0 Å². The van der Waals surface area contributed by atoms with Crippen LogP contribution >= 0.6 is 0 Å². The van der Waals surface area contributed by atoms with Crippen molar-refractivity contribution in [1.82, 2.24) is 20.8 Å². The minimum Gasteiger partial charge on any atom is -0.493 e. The van der Waals surface area contributed by atoms with Crippen molar-refractivity contribution < 1.29 is 23.9 Å². The maximum absolute atomic E-state index is 12.5. The molecule has 4 amide bonds. The summed E-state index contributed by atoms with van der Waals surface area (Å²) in [4.78, 5) is 48.7. The molecule has 0 spiro atoms. The Kier molecular flexibility index (Phi) is 4.72. The lowest BCUT2D eigenvalue weighted by Crippen LogP contribution is -2.57. The monoisotopic (exact) mass is 374 g/mol. The number of hydrogen-bond donors (Lipinski definition) is 4. The largest absolute Gasteiger partial charge is 0.493 e. The maximum atomic E-state index is 12.5. The summed E-state index contributed by atoms with van der Waals surface area (Å²) in [5, 5.41) is 9.29. The van der Waals surface area contributed by atoms with E-state index in [9.17, 15) is 19.2 Å². The number of ether oxygens (including phenoxy) is 2. The lowest BCUT2D eigenvalue weighted by atomic mass is 9.79. The third-order valence-corrected chi connectivity index (χ3v) is 4.46. The number of H-pyrrole nitrogens is 2. The second kappa shape index (κ2) is 6.98. The quantitative estimate of drug-likeness (QED) is 0.549. The summed E-state index contributed by atoms with van der Waals surface area (Å²) in [5.41, 5.74) is 0.694. The summed E-state index contributed by atoms with van der Waals surface area (Å²) in [7, 11) is 2.92. The molecule has 4 N–H and O–H groups in total. The number of nitrogens with one attached hydrogen (secondary N) is 4. The van der Waals surface area contributed by atoms with Crippen LogP contribution in [0, 0.1) is 12.8 Å². The van der Waals surface area contributed by atoms with E-state index in [1.54, 1.807) is 25.1 Å². The molecule has 10 heteroatoms. The van der Waals surface area contributed by atoms with Crippen LogP contribution in [0.15, 0.2) is 23.0 Å². The normalized spacial score (nSPS) is 15.9. The molecule has 1 unspecified atom stereocenters. The highest BCUT2D eigenvalue weighted by atomic mass is 16.5. The molecule has 142 valence electrons. The van der Waals surface area contributed by atoms with Gasteiger partial charge >= 0.3 is 6.03 Å². The van der Waals surface area contributed by atoms with Crippen LogP contribution in [0.25, 0.3) is 0 Å². The fourth-order valence-electron chi connectivity index (χ4n) is 3.23. The number of aromatic amines is 2. The van der Waals surface area contributed by atoms with E-state index in [1.165, 1.54) is 14.2 Å². The molecule has 0 radical (unpaired) electrons. The zero-order valence-corrected chi connectivity index (χ0v) is 14.8. The number of benzene rings is 1. The van der Waals surface area contributed by atoms with Gasteiger partial charge in [-0.1, -0.05) is 6.07 Å². The Labute approximate surface area is 153 Å². The average Bonchev–Trinajstić information content (AvgIpc) is 2.96. The van der Waals surface area contributed by atoms with Gasteiger partial charge in [-0.25, -0.2) is 4.79 Å². The van der Waals surface area contributed by atoms with Crippen LogP contribution in [0.3, 0.4) is 0 Å². The number of urea groups is 1. The number of hydrogen-bond acceptors (Lipinski definition) is 6. The summed E-state index contributed by atoms with van der Waals surface area (Å²) in [6, 6.07) is 3.94. The summed E-state index contributed by atoms with van der Waals surface area (Å²) in [6.45, 7) is 1.64. The van der Waals surface area contributed by atoms with E-state index in [-0.39, 0.29) is 5.56 Å². The summed E-state index contributed by atoms with van der Waals surface area (Å²) < 4.78 is 10.5. The topological polar surface area (TPSA) is 142 Å². The second-order valence-electron chi connectivity index (χ2n) is 6.00. The number of aryl methyl sites for hydroxylation is 1. The molecule has 0 bridgehead atoms. The molecule has 1 aromatic carbocycles. The number of barbiturate groups is 1. The minimum atomic E-state index is -1.32. The molecule has 2 aromatic rings. The van der Waals surface area contributed by atoms with Gasteiger partial charge < -0.3 is 14.6 Å². The summed E-state index contributed by atoms with van der Waals surface area (Å²) >= 11 is 0. The molecule has 10 nitrogen and oxygen atoms in total. The third kappa shape index (κ3) is 3.16. The smallest absolute Gasteiger partial charge is 0.328 e. The van der Waals surface area contributed by atoms with Gasteiger partial charge in [-0.3, -0.25) is 30.1 Å². The van der Waals surface area contributed by atoms with Gasteiger partial charge in [0.25, 0.3) is 5.56 Å². The minimum absolute atomic E-state index is 0.215. The van der Waals surface area contributed by atoms with Gasteiger partial charge in [0, 0.05) is 17.2 Å². The standard InChI is InChI=1S/C17H18N4O6/c1-7-11(16(24)21-20-7)12(13-14(22)18-17(25)19-15(13)23)8-4-5-9(26-2)10(6-8)27-3/h4-6,12-13H,1-3H3,(H2,20,21,24)(H2,18,19,22,23,25). The molecule has 1 aliphatic heterocycles. The van der Waals surface area contributed by atoms with Crippen molar-refractivity contribution in [1.29, 1.82) is 0 Å². The number of amides is 4. The molecule has 1 fully saturated rings. The summed E-state index contributed by atoms with van der Waals surface area (Å²) in [6.07, 6.45) is 0. The van der Waals surface area contributed by atoms with Crippen molar-refractivity contribution in [2.24, 2.45) is 5.92 Å². The van der Waals surface area contributed by atoms with Gasteiger partial charge in [0.05, 0.1) is 14.2 Å². The first-order chi connectivity index (χ1) is 12.9. The highest BCUT2D eigenvalue weighted by Crippen LogP contribution is 2.37. The zero-order chi connectivity index (χ0) is 19.7. The van der Waals surface area contributed by atoms with Crippen molar-refractivity contribution in [3.8, 4) is 11.5 Å². The predicted molar refractivity (Wildman–Crippen MR) is 92.7 cm³/mol. The summed E-state index contributed by atoms with van der Waals surface area (Å²) in [5.74, 6) is -3.03. The van der Waals surface area contributed by atoms with E-state index >= 15 is 0 Å². The first kappa shape index (κ1) is 18.2. The van der Waals surface area contributed by atoms with Crippen LogP contribution in [-0.2, 0) is 9.59 Å². The molecule has 1 saturated heterocycles. The molecule has 1 atom stereocenters. The van der Waals surface area contributed by atoms with Crippen LogP contribution in [0.4, 0.5) is 4.79 Å². The number of methoxy groups -OCH3 is 2. The van der Waals surface area contributed by atoms with Crippen molar-refractivity contribution in [3.63, 3.8) is 0 Å². The third-order valence-electron chi connectivity index (χ3n) is 4.46. The van der Waals surface area contributed by atoms with Crippen molar-refractivity contribution in [2.75, 3.05) is 14.2 Å².